The molecule has 1 aromatic carbocycles. The maximum Gasteiger partial charge on any atom is 0.242 e. The first kappa shape index (κ1) is 15.8. The molecule has 0 bridgehead atoms. The number of benzene rings is 1. The molecule has 1 aliphatic rings. The van der Waals surface area contributed by atoms with Crippen LogP contribution in [0.1, 0.15) is 38.2 Å². The van der Waals surface area contributed by atoms with Gasteiger partial charge in [0, 0.05) is 12.6 Å². The summed E-state index contributed by atoms with van der Waals surface area (Å²) in [5, 5.41) is 0.226. The van der Waals surface area contributed by atoms with Gasteiger partial charge in [0.2, 0.25) is 10.0 Å². The molecule has 2 rings (SSSR count). The first-order chi connectivity index (χ1) is 9.44. The molecule has 112 valence electrons. The summed E-state index contributed by atoms with van der Waals surface area (Å²) in [4.78, 5) is 0.133. The summed E-state index contributed by atoms with van der Waals surface area (Å²) in [6.07, 6.45) is 4.19. The standard InChI is InChI=1S/C14H21ClN2O2S/c1-10-4-2-3-5-13(10)17-20(18,19)14-7-6-11(9-16)8-12(14)15/h6-8,10,13,17H,2-5,9,16H2,1H3. The molecule has 0 spiro atoms. The van der Waals surface area contributed by atoms with Crippen LogP contribution in [0.4, 0.5) is 0 Å². The van der Waals surface area contributed by atoms with E-state index in [9.17, 15) is 8.42 Å². The van der Waals surface area contributed by atoms with Crippen molar-refractivity contribution in [3.05, 3.63) is 28.8 Å². The minimum absolute atomic E-state index is 0.000924. The van der Waals surface area contributed by atoms with E-state index in [1.165, 1.54) is 12.5 Å². The summed E-state index contributed by atoms with van der Waals surface area (Å²) in [6.45, 7) is 2.43. The Morgan fingerprint density at radius 3 is 2.65 bits per heavy atom. The molecule has 0 radical (unpaired) electrons. The Morgan fingerprint density at radius 2 is 2.05 bits per heavy atom. The van der Waals surface area contributed by atoms with Crippen LogP contribution in [0, 0.1) is 5.92 Å². The van der Waals surface area contributed by atoms with E-state index in [-0.39, 0.29) is 16.0 Å². The van der Waals surface area contributed by atoms with E-state index in [0.29, 0.717) is 12.5 Å². The molecular formula is C14H21ClN2O2S. The van der Waals surface area contributed by atoms with Crippen molar-refractivity contribution in [1.82, 2.24) is 4.72 Å². The number of nitrogens with two attached hydrogens (primary N) is 1. The molecule has 1 aromatic rings. The second-order valence-corrected chi connectivity index (χ2v) is 7.55. The second-order valence-electron chi connectivity index (χ2n) is 5.46. The second kappa shape index (κ2) is 6.43. The third-order valence-electron chi connectivity index (χ3n) is 3.94. The summed E-state index contributed by atoms with van der Waals surface area (Å²) < 4.78 is 27.7. The Labute approximate surface area is 125 Å². The Kier molecular flexibility index (Phi) is 5.07. The van der Waals surface area contributed by atoms with Crippen LogP contribution in [0.2, 0.25) is 5.02 Å². The summed E-state index contributed by atoms with van der Waals surface area (Å²) in [5.74, 6) is 0.362. The van der Waals surface area contributed by atoms with Crippen LogP contribution in [0.5, 0.6) is 0 Å². The van der Waals surface area contributed by atoms with Crippen molar-refractivity contribution >= 4 is 21.6 Å². The maximum absolute atomic E-state index is 12.4. The van der Waals surface area contributed by atoms with Gasteiger partial charge in [-0.05, 0) is 36.5 Å². The van der Waals surface area contributed by atoms with Gasteiger partial charge in [-0.25, -0.2) is 13.1 Å². The number of hydrogen-bond donors (Lipinski definition) is 2. The van der Waals surface area contributed by atoms with E-state index >= 15 is 0 Å². The highest BCUT2D eigenvalue weighted by molar-refractivity contribution is 7.89. The minimum atomic E-state index is -3.57. The van der Waals surface area contributed by atoms with Gasteiger partial charge in [0.05, 0.1) is 5.02 Å². The molecule has 0 heterocycles. The molecule has 20 heavy (non-hydrogen) atoms. The van der Waals surface area contributed by atoms with Gasteiger partial charge in [0.1, 0.15) is 4.90 Å². The molecule has 0 saturated heterocycles. The molecule has 1 fully saturated rings. The molecular weight excluding hydrogens is 296 g/mol. The van der Waals surface area contributed by atoms with E-state index in [4.69, 9.17) is 17.3 Å². The number of halogens is 1. The van der Waals surface area contributed by atoms with Crippen LogP contribution in [0.15, 0.2) is 23.1 Å². The monoisotopic (exact) mass is 316 g/mol. The summed E-state index contributed by atoms with van der Waals surface area (Å²) in [7, 11) is -3.57. The van der Waals surface area contributed by atoms with Gasteiger partial charge in [-0.2, -0.15) is 0 Å². The number of hydrogen-bond acceptors (Lipinski definition) is 3. The van der Waals surface area contributed by atoms with Gasteiger partial charge in [0.15, 0.2) is 0 Å². The van der Waals surface area contributed by atoms with Gasteiger partial charge in [-0.15, -0.1) is 0 Å². The minimum Gasteiger partial charge on any atom is -0.326 e. The van der Waals surface area contributed by atoms with Crippen molar-refractivity contribution in [2.45, 2.75) is 50.1 Å². The summed E-state index contributed by atoms with van der Waals surface area (Å²) >= 11 is 6.07. The Bertz CT molecular complexity index is 575. The van der Waals surface area contributed by atoms with Crippen molar-refractivity contribution in [3.63, 3.8) is 0 Å². The molecule has 6 heteroatoms. The highest BCUT2D eigenvalue weighted by Gasteiger charge is 2.27. The zero-order valence-electron chi connectivity index (χ0n) is 11.6. The fourth-order valence-corrected chi connectivity index (χ4v) is 4.59. The van der Waals surface area contributed by atoms with Crippen LogP contribution in [0.3, 0.4) is 0 Å². The van der Waals surface area contributed by atoms with Gasteiger partial charge >= 0.3 is 0 Å². The average molecular weight is 317 g/mol. The largest absolute Gasteiger partial charge is 0.326 e. The highest BCUT2D eigenvalue weighted by atomic mass is 35.5. The normalized spacial score (nSPS) is 23.8. The molecule has 0 aliphatic heterocycles. The van der Waals surface area contributed by atoms with Crippen molar-refractivity contribution in [2.75, 3.05) is 0 Å². The van der Waals surface area contributed by atoms with Crippen molar-refractivity contribution in [1.29, 1.82) is 0 Å². The first-order valence-corrected chi connectivity index (χ1v) is 8.81. The Morgan fingerprint density at radius 1 is 1.35 bits per heavy atom. The lowest BCUT2D eigenvalue weighted by molar-refractivity contribution is 0.310. The SMILES string of the molecule is CC1CCCCC1NS(=O)(=O)c1ccc(CN)cc1Cl. The molecule has 0 amide bonds. The van der Waals surface area contributed by atoms with Crippen molar-refractivity contribution < 1.29 is 8.42 Å². The van der Waals surface area contributed by atoms with Gasteiger partial charge < -0.3 is 5.73 Å². The first-order valence-electron chi connectivity index (χ1n) is 6.95. The third-order valence-corrected chi connectivity index (χ3v) is 5.91. The lowest BCUT2D eigenvalue weighted by Crippen LogP contribution is -2.41. The average Bonchev–Trinajstić information content (AvgIpc) is 2.40. The quantitative estimate of drug-likeness (QED) is 0.897. The number of nitrogens with one attached hydrogen (secondary N) is 1. The fraction of sp³-hybridized carbons (Fsp3) is 0.571. The number of rotatable bonds is 4. The predicted octanol–water partition coefficient (Wildman–Crippen LogP) is 2.66. The van der Waals surface area contributed by atoms with E-state index in [1.54, 1.807) is 12.1 Å². The molecule has 2 unspecified atom stereocenters. The van der Waals surface area contributed by atoms with Crippen molar-refractivity contribution in [2.24, 2.45) is 11.7 Å². The Hall–Kier alpha value is -0.620. The van der Waals surface area contributed by atoms with E-state index < -0.39 is 10.0 Å². The van der Waals surface area contributed by atoms with Gasteiger partial charge in [-0.1, -0.05) is 37.4 Å². The fourth-order valence-electron chi connectivity index (χ4n) is 2.64. The zero-order chi connectivity index (χ0) is 14.8. The van der Waals surface area contributed by atoms with Crippen LogP contribution in [0.25, 0.3) is 0 Å². The highest BCUT2D eigenvalue weighted by Crippen LogP contribution is 2.27. The topological polar surface area (TPSA) is 72.2 Å². The van der Waals surface area contributed by atoms with Gasteiger partial charge in [-0.3, -0.25) is 0 Å². The molecule has 3 N–H and O–H groups in total. The number of sulfonamides is 1. The zero-order valence-corrected chi connectivity index (χ0v) is 13.2. The lowest BCUT2D eigenvalue weighted by atomic mass is 9.87. The van der Waals surface area contributed by atoms with Crippen LogP contribution in [-0.2, 0) is 16.6 Å². The Balaban J connectivity index is 2.21. The summed E-state index contributed by atoms with van der Waals surface area (Å²) in [6, 6.07) is 4.84. The van der Waals surface area contributed by atoms with Gasteiger partial charge in [0.25, 0.3) is 0 Å². The molecule has 0 aromatic heterocycles. The predicted molar refractivity (Wildman–Crippen MR) is 81.1 cm³/mol. The molecule has 1 aliphatic carbocycles. The molecule has 4 nitrogen and oxygen atoms in total. The van der Waals surface area contributed by atoms with Crippen LogP contribution < -0.4 is 10.5 Å². The van der Waals surface area contributed by atoms with Crippen LogP contribution in [-0.4, -0.2) is 14.5 Å². The molecule has 2 atom stereocenters. The van der Waals surface area contributed by atoms with Crippen molar-refractivity contribution in [3.8, 4) is 0 Å². The summed E-state index contributed by atoms with van der Waals surface area (Å²) in [5.41, 5.74) is 6.34. The third kappa shape index (κ3) is 3.52. The van der Waals surface area contributed by atoms with E-state index in [2.05, 4.69) is 11.6 Å². The van der Waals surface area contributed by atoms with Crippen LogP contribution >= 0.6 is 11.6 Å². The lowest BCUT2D eigenvalue weighted by Gasteiger charge is -2.29. The molecule has 1 saturated carbocycles. The van der Waals surface area contributed by atoms with E-state index in [0.717, 1.165) is 24.8 Å². The smallest absolute Gasteiger partial charge is 0.242 e. The maximum atomic E-state index is 12.4. The van der Waals surface area contributed by atoms with E-state index in [1.807, 2.05) is 0 Å².